The number of nitrogens with one attached hydrogen (secondary N) is 2. The normalized spacial score (nSPS) is 11.6. The summed E-state index contributed by atoms with van der Waals surface area (Å²) in [6.07, 6.45) is 2.97. The van der Waals surface area contributed by atoms with E-state index in [4.69, 9.17) is 5.73 Å². The van der Waals surface area contributed by atoms with Crippen molar-refractivity contribution in [3.05, 3.63) is 35.9 Å². The molecule has 1 aromatic carbocycles. The van der Waals surface area contributed by atoms with Crippen molar-refractivity contribution in [3.8, 4) is 0 Å². The smallest absolute Gasteiger partial charge is 0.244 e. The number of rotatable bonds is 6. The number of hydrogen-bond acceptors (Lipinski definition) is 4. The van der Waals surface area contributed by atoms with E-state index in [2.05, 4.69) is 10.0 Å². The van der Waals surface area contributed by atoms with Crippen LogP contribution in [0.3, 0.4) is 0 Å². The Hall–Kier alpha value is -1.86. The molecule has 0 saturated heterocycles. The summed E-state index contributed by atoms with van der Waals surface area (Å²) in [6.45, 7) is 0.0636. The molecule has 0 radical (unpaired) electrons. The lowest BCUT2D eigenvalue weighted by Crippen LogP contribution is -2.32. The minimum absolute atomic E-state index is 0.0636. The van der Waals surface area contributed by atoms with Crippen LogP contribution in [0.15, 0.2) is 30.3 Å². The van der Waals surface area contributed by atoms with Gasteiger partial charge < -0.3 is 11.1 Å². The summed E-state index contributed by atoms with van der Waals surface area (Å²) < 4.78 is 24.4. The van der Waals surface area contributed by atoms with Gasteiger partial charge in [0.05, 0.1) is 5.75 Å². The van der Waals surface area contributed by atoms with Crippen molar-refractivity contribution < 1.29 is 13.2 Å². The molecule has 19 heavy (non-hydrogen) atoms. The minimum atomic E-state index is -3.29. The molecule has 0 spiro atoms. The van der Waals surface area contributed by atoms with Crippen molar-refractivity contribution >= 4 is 27.7 Å². The van der Waals surface area contributed by atoms with Crippen LogP contribution in [0.1, 0.15) is 5.56 Å². The topological polar surface area (TPSA) is 101 Å². The molecule has 0 heterocycles. The van der Waals surface area contributed by atoms with Gasteiger partial charge in [-0.05, 0) is 30.8 Å². The lowest BCUT2D eigenvalue weighted by molar-refractivity contribution is -0.116. The molecular formula is C12H17N3O3S. The van der Waals surface area contributed by atoms with Crippen LogP contribution >= 0.6 is 0 Å². The van der Waals surface area contributed by atoms with Crippen LogP contribution in [0.25, 0.3) is 6.08 Å². The quantitative estimate of drug-likeness (QED) is 0.503. The van der Waals surface area contributed by atoms with Crippen LogP contribution in [-0.4, -0.2) is 33.7 Å². The Kier molecular flexibility index (Phi) is 5.53. The average Bonchev–Trinajstić information content (AvgIpc) is 2.38. The van der Waals surface area contributed by atoms with Gasteiger partial charge in [0.1, 0.15) is 0 Å². The van der Waals surface area contributed by atoms with Crippen LogP contribution in [0, 0.1) is 0 Å². The summed E-state index contributed by atoms with van der Waals surface area (Å²) in [5.74, 6) is -0.492. The highest BCUT2D eigenvalue weighted by Crippen LogP contribution is 2.06. The van der Waals surface area contributed by atoms with E-state index >= 15 is 0 Å². The Morgan fingerprint density at radius 2 is 1.95 bits per heavy atom. The third-order valence-corrected chi connectivity index (χ3v) is 3.71. The second-order valence-electron chi connectivity index (χ2n) is 3.81. The van der Waals surface area contributed by atoms with Gasteiger partial charge in [0.15, 0.2) is 0 Å². The number of carbonyl (C=O) groups is 1. The molecule has 0 aliphatic carbocycles. The number of nitrogen functional groups attached to an aromatic ring is 1. The van der Waals surface area contributed by atoms with Crippen LogP contribution in [0.4, 0.5) is 5.69 Å². The Morgan fingerprint density at radius 1 is 1.32 bits per heavy atom. The van der Waals surface area contributed by atoms with E-state index in [0.717, 1.165) is 5.56 Å². The summed E-state index contributed by atoms with van der Waals surface area (Å²) in [7, 11) is -1.96. The molecule has 4 N–H and O–H groups in total. The van der Waals surface area contributed by atoms with Crippen LogP contribution in [-0.2, 0) is 14.8 Å². The van der Waals surface area contributed by atoms with Gasteiger partial charge >= 0.3 is 0 Å². The van der Waals surface area contributed by atoms with Crippen molar-refractivity contribution in [2.75, 3.05) is 25.1 Å². The molecule has 0 aromatic heterocycles. The first kappa shape index (κ1) is 15.2. The molecule has 0 saturated carbocycles. The highest BCUT2D eigenvalue weighted by Gasteiger charge is 2.06. The number of anilines is 1. The first-order valence-electron chi connectivity index (χ1n) is 5.65. The predicted octanol–water partition coefficient (Wildman–Crippen LogP) is -0.0526. The third kappa shape index (κ3) is 6.03. The van der Waals surface area contributed by atoms with Gasteiger partial charge in [0.25, 0.3) is 0 Å². The van der Waals surface area contributed by atoms with Crippen molar-refractivity contribution in [2.24, 2.45) is 0 Å². The minimum Gasteiger partial charge on any atom is -0.399 e. The Balaban J connectivity index is 2.41. The lowest BCUT2D eigenvalue weighted by Gasteiger charge is -2.02. The van der Waals surface area contributed by atoms with Crippen LogP contribution in [0.5, 0.6) is 0 Å². The Labute approximate surface area is 112 Å². The van der Waals surface area contributed by atoms with E-state index in [1.54, 1.807) is 30.3 Å². The number of nitrogens with two attached hydrogens (primary N) is 1. The Morgan fingerprint density at radius 3 is 2.53 bits per heavy atom. The lowest BCUT2D eigenvalue weighted by atomic mass is 10.2. The van der Waals surface area contributed by atoms with Crippen molar-refractivity contribution in [1.82, 2.24) is 10.0 Å². The van der Waals surface area contributed by atoms with Crippen molar-refractivity contribution in [1.29, 1.82) is 0 Å². The van der Waals surface area contributed by atoms with Gasteiger partial charge in [0, 0.05) is 18.3 Å². The summed E-state index contributed by atoms with van der Waals surface area (Å²) in [5, 5.41) is 2.49. The third-order valence-electron chi connectivity index (χ3n) is 2.34. The van der Waals surface area contributed by atoms with E-state index in [0.29, 0.717) is 5.69 Å². The van der Waals surface area contributed by atoms with Crippen molar-refractivity contribution in [2.45, 2.75) is 0 Å². The molecule has 0 fully saturated rings. The highest BCUT2D eigenvalue weighted by molar-refractivity contribution is 7.89. The second kappa shape index (κ2) is 6.91. The number of carbonyl (C=O) groups excluding carboxylic acids is 1. The van der Waals surface area contributed by atoms with E-state index in [1.807, 2.05) is 0 Å². The largest absolute Gasteiger partial charge is 0.399 e. The summed E-state index contributed by atoms with van der Waals surface area (Å²) in [6, 6.07) is 7.03. The molecule has 1 amide bonds. The first-order chi connectivity index (χ1) is 8.93. The summed E-state index contributed by atoms with van der Waals surface area (Å²) >= 11 is 0. The monoisotopic (exact) mass is 283 g/mol. The fourth-order valence-electron chi connectivity index (χ4n) is 1.25. The first-order valence-corrected chi connectivity index (χ1v) is 7.31. The zero-order chi connectivity index (χ0) is 14.3. The molecule has 0 bridgehead atoms. The van der Waals surface area contributed by atoms with Gasteiger partial charge in [-0.1, -0.05) is 12.1 Å². The summed E-state index contributed by atoms with van der Waals surface area (Å²) in [5.41, 5.74) is 7.03. The molecule has 0 aliphatic heterocycles. The maximum atomic E-state index is 11.4. The molecular weight excluding hydrogens is 266 g/mol. The van der Waals surface area contributed by atoms with Gasteiger partial charge in [-0.15, -0.1) is 0 Å². The van der Waals surface area contributed by atoms with Crippen LogP contribution in [0.2, 0.25) is 0 Å². The number of sulfonamides is 1. The van der Waals surface area contributed by atoms with Crippen molar-refractivity contribution in [3.63, 3.8) is 0 Å². The van der Waals surface area contributed by atoms with E-state index in [1.165, 1.54) is 13.1 Å². The fraction of sp³-hybridized carbons (Fsp3) is 0.250. The van der Waals surface area contributed by atoms with Gasteiger partial charge in [-0.2, -0.15) is 0 Å². The zero-order valence-electron chi connectivity index (χ0n) is 10.6. The molecule has 0 aliphatic rings. The average molecular weight is 283 g/mol. The maximum Gasteiger partial charge on any atom is 0.244 e. The summed E-state index contributed by atoms with van der Waals surface area (Å²) in [4.78, 5) is 11.4. The number of benzene rings is 1. The molecule has 6 nitrogen and oxygen atoms in total. The number of hydrogen-bond donors (Lipinski definition) is 3. The SMILES string of the molecule is CNS(=O)(=O)CCNC(=O)/C=C/c1ccc(N)cc1. The van der Waals surface area contributed by atoms with Gasteiger partial charge in [-0.25, -0.2) is 13.1 Å². The predicted molar refractivity (Wildman–Crippen MR) is 75.7 cm³/mol. The van der Waals surface area contributed by atoms with Gasteiger partial charge in [0.2, 0.25) is 15.9 Å². The molecule has 1 aromatic rings. The molecule has 0 atom stereocenters. The zero-order valence-corrected chi connectivity index (χ0v) is 11.4. The Bertz CT molecular complexity index is 550. The van der Waals surface area contributed by atoms with Crippen LogP contribution < -0.4 is 15.8 Å². The molecule has 1 rings (SSSR count). The highest BCUT2D eigenvalue weighted by atomic mass is 32.2. The van der Waals surface area contributed by atoms with E-state index < -0.39 is 10.0 Å². The van der Waals surface area contributed by atoms with Gasteiger partial charge in [-0.3, -0.25) is 4.79 Å². The standard InChI is InChI=1S/C12H17N3O3S/c1-14-19(17,18)9-8-15-12(16)7-4-10-2-5-11(13)6-3-10/h2-7,14H,8-9,13H2,1H3,(H,15,16)/b7-4+. The fourth-order valence-corrected chi connectivity index (χ4v) is 1.82. The number of amides is 1. The molecule has 0 unspecified atom stereocenters. The second-order valence-corrected chi connectivity index (χ2v) is 5.86. The van der Waals surface area contributed by atoms with E-state index in [-0.39, 0.29) is 18.2 Å². The van der Waals surface area contributed by atoms with E-state index in [9.17, 15) is 13.2 Å². The maximum absolute atomic E-state index is 11.4. The molecule has 104 valence electrons. The molecule has 7 heteroatoms.